The van der Waals surface area contributed by atoms with Crippen LogP contribution in [0, 0.1) is 6.92 Å². The number of thiazole rings is 1. The molecule has 0 unspecified atom stereocenters. The van der Waals surface area contributed by atoms with Gasteiger partial charge in [0.1, 0.15) is 6.26 Å². The lowest BCUT2D eigenvalue weighted by atomic mass is 10.3. The smallest absolute Gasteiger partial charge is 0.393 e. The van der Waals surface area contributed by atoms with Gasteiger partial charge in [0.15, 0.2) is 0 Å². The lowest BCUT2D eigenvalue weighted by Gasteiger charge is -1.99. The molecule has 0 fully saturated rings. The van der Waals surface area contributed by atoms with Crippen LogP contribution in [0.1, 0.15) is 16.3 Å². The highest BCUT2D eigenvalue weighted by molar-refractivity contribution is 7.09. The summed E-state index contributed by atoms with van der Waals surface area (Å²) < 4.78 is 10.4. The van der Waals surface area contributed by atoms with Gasteiger partial charge in [0, 0.05) is 11.3 Å². The van der Waals surface area contributed by atoms with Crippen LogP contribution in [0.5, 0.6) is 6.08 Å². The number of rotatable bonds is 5. The molecule has 0 saturated carbocycles. The van der Waals surface area contributed by atoms with Crippen LogP contribution in [0.3, 0.4) is 0 Å². The van der Waals surface area contributed by atoms with Gasteiger partial charge in [-0.25, -0.2) is 4.98 Å². The summed E-state index contributed by atoms with van der Waals surface area (Å²) in [6.45, 7) is 2.52. The molecule has 0 aromatic carbocycles. The molecule has 0 aliphatic heterocycles. The van der Waals surface area contributed by atoms with Crippen LogP contribution in [-0.2, 0) is 12.3 Å². The Bertz CT molecular complexity index is 455. The van der Waals surface area contributed by atoms with Gasteiger partial charge in [0.2, 0.25) is 0 Å². The van der Waals surface area contributed by atoms with E-state index in [2.05, 4.69) is 9.97 Å². The Morgan fingerprint density at radius 1 is 1.56 bits per heavy atom. The van der Waals surface area contributed by atoms with Crippen molar-refractivity contribution < 1.29 is 9.15 Å². The van der Waals surface area contributed by atoms with Crippen LogP contribution in [0.25, 0.3) is 0 Å². The lowest BCUT2D eigenvalue weighted by molar-refractivity contribution is 0.233. The zero-order chi connectivity index (χ0) is 11.4. The molecule has 0 aliphatic carbocycles. The number of hydrogen-bond acceptors (Lipinski definition) is 5. The van der Waals surface area contributed by atoms with Gasteiger partial charge in [-0.05, 0) is 6.92 Å². The highest BCUT2D eigenvalue weighted by atomic mass is 35.5. The molecule has 2 rings (SSSR count). The minimum absolute atomic E-state index is 0.276. The Balaban J connectivity index is 1.82. The van der Waals surface area contributed by atoms with Gasteiger partial charge in [-0.15, -0.1) is 22.9 Å². The maximum Gasteiger partial charge on any atom is 0.393 e. The van der Waals surface area contributed by atoms with E-state index in [0.717, 1.165) is 12.1 Å². The Morgan fingerprint density at radius 3 is 3.06 bits per heavy atom. The first-order valence-electron chi connectivity index (χ1n) is 4.81. The molecule has 0 saturated heterocycles. The first-order chi connectivity index (χ1) is 7.79. The summed E-state index contributed by atoms with van der Waals surface area (Å²) in [7, 11) is 0. The Hall–Kier alpha value is -1.07. The maximum atomic E-state index is 5.59. The molecular weight excluding hydrogens is 248 g/mol. The van der Waals surface area contributed by atoms with E-state index in [1.165, 1.54) is 11.1 Å². The standard InChI is InChI=1S/C10H11ClN2O2S/c1-7-9(16-6-12-7)2-3-14-10-13-8(4-11)5-15-10/h5-6H,2-4H2,1H3. The largest absolute Gasteiger partial charge is 0.450 e. The third-order valence-electron chi connectivity index (χ3n) is 2.07. The van der Waals surface area contributed by atoms with Gasteiger partial charge in [0.05, 0.1) is 29.4 Å². The second kappa shape index (κ2) is 5.32. The fourth-order valence-electron chi connectivity index (χ4n) is 1.21. The molecule has 0 amide bonds. The topological polar surface area (TPSA) is 48.2 Å². The number of alkyl halides is 1. The monoisotopic (exact) mass is 258 g/mol. The van der Waals surface area contributed by atoms with Crippen molar-refractivity contribution in [3.8, 4) is 6.08 Å². The maximum absolute atomic E-state index is 5.59. The number of nitrogens with zero attached hydrogens (tertiary/aromatic N) is 2. The predicted octanol–water partition coefficient (Wildman–Crippen LogP) is 2.80. The second-order valence-corrected chi connectivity index (χ2v) is 4.40. The molecule has 0 atom stereocenters. The first-order valence-corrected chi connectivity index (χ1v) is 6.23. The van der Waals surface area contributed by atoms with Crippen LogP contribution in [-0.4, -0.2) is 16.6 Å². The van der Waals surface area contributed by atoms with E-state index in [4.69, 9.17) is 20.8 Å². The molecule has 2 heterocycles. The van der Waals surface area contributed by atoms with Crippen molar-refractivity contribution >= 4 is 22.9 Å². The zero-order valence-corrected chi connectivity index (χ0v) is 10.3. The van der Waals surface area contributed by atoms with Crippen molar-refractivity contribution in [1.82, 2.24) is 9.97 Å². The van der Waals surface area contributed by atoms with Crippen molar-refractivity contribution in [3.05, 3.63) is 28.0 Å². The molecule has 2 aromatic heterocycles. The average Bonchev–Trinajstić information content (AvgIpc) is 2.89. The third-order valence-corrected chi connectivity index (χ3v) is 3.34. The van der Waals surface area contributed by atoms with Gasteiger partial charge in [-0.2, -0.15) is 4.98 Å². The fraction of sp³-hybridized carbons (Fsp3) is 0.400. The SMILES string of the molecule is Cc1ncsc1CCOc1nc(CCl)co1. The Kier molecular flexibility index (Phi) is 3.79. The van der Waals surface area contributed by atoms with Crippen LogP contribution < -0.4 is 4.74 Å². The molecule has 6 heteroatoms. The van der Waals surface area contributed by atoms with E-state index in [-0.39, 0.29) is 6.08 Å². The summed E-state index contributed by atoms with van der Waals surface area (Å²) in [4.78, 5) is 9.43. The van der Waals surface area contributed by atoms with Crippen molar-refractivity contribution in [2.24, 2.45) is 0 Å². The molecule has 0 bridgehead atoms. The Labute approximate surface area is 102 Å². The number of oxazole rings is 1. The number of halogens is 1. The summed E-state index contributed by atoms with van der Waals surface area (Å²) in [5.41, 5.74) is 3.58. The quantitative estimate of drug-likeness (QED) is 0.774. The van der Waals surface area contributed by atoms with E-state index in [1.807, 2.05) is 12.4 Å². The summed E-state index contributed by atoms with van der Waals surface area (Å²) in [5, 5.41) is 0. The highest BCUT2D eigenvalue weighted by Crippen LogP contribution is 2.15. The van der Waals surface area contributed by atoms with Crippen molar-refractivity contribution in [2.45, 2.75) is 19.2 Å². The van der Waals surface area contributed by atoms with E-state index < -0.39 is 0 Å². The number of aryl methyl sites for hydroxylation is 1. The summed E-state index contributed by atoms with van der Waals surface area (Å²) in [6, 6.07) is 0. The summed E-state index contributed by atoms with van der Waals surface area (Å²) >= 11 is 7.22. The van der Waals surface area contributed by atoms with Gasteiger partial charge in [0.25, 0.3) is 0 Å². The number of ether oxygens (including phenoxy) is 1. The van der Waals surface area contributed by atoms with Crippen molar-refractivity contribution in [3.63, 3.8) is 0 Å². The molecule has 0 spiro atoms. The summed E-state index contributed by atoms with van der Waals surface area (Å²) in [5.74, 6) is 0.334. The van der Waals surface area contributed by atoms with E-state index in [0.29, 0.717) is 18.2 Å². The van der Waals surface area contributed by atoms with Crippen LogP contribution in [0.4, 0.5) is 0 Å². The van der Waals surface area contributed by atoms with Crippen LogP contribution in [0.2, 0.25) is 0 Å². The fourth-order valence-corrected chi connectivity index (χ4v) is 2.10. The molecule has 16 heavy (non-hydrogen) atoms. The van der Waals surface area contributed by atoms with Gasteiger partial charge in [-0.1, -0.05) is 0 Å². The van der Waals surface area contributed by atoms with E-state index >= 15 is 0 Å². The van der Waals surface area contributed by atoms with E-state index in [1.54, 1.807) is 11.3 Å². The molecule has 86 valence electrons. The average molecular weight is 259 g/mol. The van der Waals surface area contributed by atoms with Crippen molar-refractivity contribution in [1.29, 1.82) is 0 Å². The lowest BCUT2D eigenvalue weighted by Crippen LogP contribution is -2.01. The highest BCUT2D eigenvalue weighted by Gasteiger charge is 2.05. The molecule has 2 aromatic rings. The Morgan fingerprint density at radius 2 is 2.44 bits per heavy atom. The third kappa shape index (κ3) is 2.74. The van der Waals surface area contributed by atoms with Crippen LogP contribution in [0.15, 0.2) is 16.2 Å². The summed E-state index contributed by atoms with van der Waals surface area (Å²) in [6.07, 6.45) is 2.59. The number of hydrogen-bond donors (Lipinski definition) is 0. The zero-order valence-electron chi connectivity index (χ0n) is 8.77. The molecule has 0 aliphatic rings. The molecule has 4 nitrogen and oxygen atoms in total. The van der Waals surface area contributed by atoms with Crippen LogP contribution >= 0.6 is 22.9 Å². The number of aromatic nitrogens is 2. The van der Waals surface area contributed by atoms with E-state index in [9.17, 15) is 0 Å². The second-order valence-electron chi connectivity index (χ2n) is 3.20. The molecule has 0 N–H and O–H groups in total. The van der Waals surface area contributed by atoms with Gasteiger partial charge < -0.3 is 9.15 Å². The van der Waals surface area contributed by atoms with Gasteiger partial charge >= 0.3 is 6.08 Å². The van der Waals surface area contributed by atoms with Gasteiger partial charge in [-0.3, -0.25) is 0 Å². The van der Waals surface area contributed by atoms with Crippen molar-refractivity contribution in [2.75, 3.05) is 6.61 Å². The first kappa shape index (κ1) is 11.4. The normalized spacial score (nSPS) is 10.6. The molecule has 0 radical (unpaired) electrons. The predicted molar refractivity (Wildman–Crippen MR) is 62.1 cm³/mol. The molecular formula is C10H11ClN2O2S. The minimum atomic E-state index is 0.276. The minimum Gasteiger partial charge on any atom is -0.450 e.